The van der Waals surface area contributed by atoms with Gasteiger partial charge >= 0.3 is 11.9 Å². The van der Waals surface area contributed by atoms with Gasteiger partial charge in [0.05, 0.1) is 19.8 Å². The second kappa shape index (κ2) is 39.2. The van der Waals surface area contributed by atoms with E-state index in [1.807, 2.05) is 6.08 Å². The third-order valence-corrected chi connectivity index (χ3v) is 12.0. The van der Waals surface area contributed by atoms with Crippen LogP contribution in [-0.4, -0.2) is 142 Å². The number of aliphatic hydroxyl groups excluding tert-OH is 7. The van der Waals surface area contributed by atoms with Gasteiger partial charge in [-0.15, -0.1) is 0 Å². The van der Waals surface area contributed by atoms with E-state index in [1.54, 1.807) is 0 Å². The van der Waals surface area contributed by atoms with Crippen molar-refractivity contribution in [2.45, 2.75) is 242 Å². The maximum Gasteiger partial charge on any atom is 0.306 e. The number of ether oxygens (including phenoxy) is 6. The van der Waals surface area contributed by atoms with Gasteiger partial charge in [0.2, 0.25) is 0 Å². The summed E-state index contributed by atoms with van der Waals surface area (Å²) >= 11 is 0. The molecule has 0 aromatic heterocycles. The summed E-state index contributed by atoms with van der Waals surface area (Å²) in [6.45, 7) is 2.50. The molecule has 7 N–H and O–H groups in total. The van der Waals surface area contributed by atoms with E-state index < -0.39 is 99.3 Å². The van der Waals surface area contributed by atoms with Crippen molar-refractivity contribution in [1.82, 2.24) is 0 Å². The summed E-state index contributed by atoms with van der Waals surface area (Å²) < 4.78 is 33.5. The molecule has 2 aliphatic rings. The lowest BCUT2D eigenvalue weighted by Crippen LogP contribution is -2.61. The molecule has 2 fully saturated rings. The summed E-state index contributed by atoms with van der Waals surface area (Å²) in [5, 5.41) is 72.0. The monoisotopic (exact) mass is 955 g/mol. The Bertz CT molecular complexity index is 1350. The van der Waals surface area contributed by atoms with Crippen LogP contribution in [0, 0.1) is 0 Å². The first kappa shape index (κ1) is 60.6. The fraction of sp³-hybridized carbons (Fsp3) is 0.808. The topological polar surface area (TPSA) is 231 Å². The Kier molecular flexibility index (Phi) is 35.5. The standard InChI is InChI=1S/C52H90O15/c1-3-5-7-9-11-13-15-17-19-20-21-23-24-26-28-30-32-34-43(54)62-37-40(65-44(55)35-33-31-29-27-25-22-18-16-14-12-10-8-6-4-2)38-63-51-50(61)48(59)46(57)42(67-51)39-64-52-49(60)47(58)45(56)41(36-53)66-52/h16-19,21,23,26,28,40-42,45-53,56-61H,3-15,20,22,24-25,27,29-39H2,1-2H3/b18-16+,19-17+,23-21+,28-26+/t40-,41+,42+,45-,46-,47?,48?,49?,50?,51+,52+/m0/s1. The quantitative estimate of drug-likeness (QED) is 0.0185. The van der Waals surface area contributed by atoms with E-state index in [2.05, 4.69) is 56.4 Å². The smallest absolute Gasteiger partial charge is 0.306 e. The van der Waals surface area contributed by atoms with Gasteiger partial charge in [0.25, 0.3) is 0 Å². The maximum atomic E-state index is 13.0. The number of carbonyl (C=O) groups excluding carboxylic acids is 2. The summed E-state index contributed by atoms with van der Waals surface area (Å²) in [5.41, 5.74) is 0. The van der Waals surface area contributed by atoms with Crippen molar-refractivity contribution >= 4 is 11.9 Å². The molecule has 0 radical (unpaired) electrons. The fourth-order valence-corrected chi connectivity index (χ4v) is 7.76. The number of unbranched alkanes of at least 4 members (excludes halogenated alkanes) is 17. The molecule has 2 aliphatic heterocycles. The van der Waals surface area contributed by atoms with Gasteiger partial charge in [-0.2, -0.15) is 0 Å². The number of aliphatic hydroxyl groups is 7. The van der Waals surface area contributed by atoms with Crippen molar-refractivity contribution in [3.05, 3.63) is 48.6 Å². The highest BCUT2D eigenvalue weighted by molar-refractivity contribution is 5.70. The van der Waals surface area contributed by atoms with Crippen LogP contribution < -0.4 is 0 Å². The van der Waals surface area contributed by atoms with E-state index in [-0.39, 0.29) is 19.4 Å². The fourth-order valence-electron chi connectivity index (χ4n) is 7.76. The van der Waals surface area contributed by atoms with Crippen molar-refractivity contribution in [3.8, 4) is 0 Å². The number of esters is 2. The predicted octanol–water partition coefficient (Wildman–Crippen LogP) is 7.10. The van der Waals surface area contributed by atoms with Gasteiger partial charge in [-0.05, 0) is 70.6 Å². The SMILES string of the molecule is CCCCCCC/C=C/CCCCCCCC(=O)O[C@@H](COC(=O)CCC/C=C/C/C=C/C/C=C/CCCCCCCC)CO[C@@H]1O[C@H](CO[C@@H]2O[C@H](CO)[C@H](O)C(O)C2O)[C@H](O)C(O)C1O. The van der Waals surface area contributed by atoms with Crippen molar-refractivity contribution in [2.75, 3.05) is 26.4 Å². The summed E-state index contributed by atoms with van der Waals surface area (Å²) in [6.07, 6.45) is 25.8. The third kappa shape index (κ3) is 27.4. The minimum absolute atomic E-state index is 0.143. The van der Waals surface area contributed by atoms with Crippen molar-refractivity contribution in [3.63, 3.8) is 0 Å². The van der Waals surface area contributed by atoms with Gasteiger partial charge < -0.3 is 64.2 Å². The van der Waals surface area contributed by atoms with Crippen molar-refractivity contribution in [1.29, 1.82) is 0 Å². The molecule has 11 atom stereocenters. The van der Waals surface area contributed by atoms with Crippen LogP contribution in [0.15, 0.2) is 48.6 Å². The molecule has 0 amide bonds. The van der Waals surface area contributed by atoms with Gasteiger partial charge in [0, 0.05) is 12.8 Å². The highest BCUT2D eigenvalue weighted by Gasteiger charge is 2.47. The Labute approximate surface area is 401 Å². The Balaban J connectivity index is 1.84. The molecule has 2 heterocycles. The van der Waals surface area contributed by atoms with E-state index in [9.17, 15) is 45.3 Å². The van der Waals surface area contributed by atoms with Gasteiger partial charge in [-0.3, -0.25) is 9.59 Å². The van der Waals surface area contributed by atoms with Crippen LogP contribution in [0.25, 0.3) is 0 Å². The van der Waals surface area contributed by atoms with E-state index in [1.165, 1.54) is 70.6 Å². The van der Waals surface area contributed by atoms with E-state index in [4.69, 9.17) is 28.4 Å². The second-order valence-electron chi connectivity index (χ2n) is 18.0. The zero-order valence-electron chi connectivity index (χ0n) is 40.9. The highest BCUT2D eigenvalue weighted by atomic mass is 16.7. The van der Waals surface area contributed by atoms with Gasteiger partial charge in [0.15, 0.2) is 18.7 Å². The van der Waals surface area contributed by atoms with Crippen LogP contribution >= 0.6 is 0 Å². The van der Waals surface area contributed by atoms with Crippen LogP contribution in [-0.2, 0) is 38.0 Å². The summed E-state index contributed by atoms with van der Waals surface area (Å²) in [4.78, 5) is 25.7. The van der Waals surface area contributed by atoms with Crippen LogP contribution in [0.5, 0.6) is 0 Å². The molecule has 15 heteroatoms. The summed E-state index contributed by atoms with van der Waals surface area (Å²) in [6, 6.07) is 0. The van der Waals surface area contributed by atoms with Crippen molar-refractivity contribution in [2.24, 2.45) is 0 Å². The van der Waals surface area contributed by atoms with Crippen LogP contribution in [0.3, 0.4) is 0 Å². The Hall–Kier alpha value is -2.54. The third-order valence-electron chi connectivity index (χ3n) is 12.0. The van der Waals surface area contributed by atoms with Gasteiger partial charge in [-0.1, -0.05) is 140 Å². The van der Waals surface area contributed by atoms with Gasteiger partial charge in [-0.25, -0.2) is 0 Å². The Morgan fingerprint density at radius 1 is 0.478 bits per heavy atom. The first-order valence-corrected chi connectivity index (χ1v) is 25.7. The van der Waals surface area contributed by atoms with E-state index >= 15 is 0 Å². The van der Waals surface area contributed by atoms with E-state index in [0.29, 0.717) is 19.3 Å². The number of hydrogen-bond donors (Lipinski definition) is 7. The first-order valence-electron chi connectivity index (χ1n) is 25.7. The molecule has 0 spiro atoms. The predicted molar refractivity (Wildman–Crippen MR) is 257 cm³/mol. The average molecular weight is 955 g/mol. The highest BCUT2D eigenvalue weighted by Crippen LogP contribution is 2.26. The normalized spacial score (nSPS) is 26.3. The zero-order valence-corrected chi connectivity index (χ0v) is 40.9. The number of rotatable bonds is 39. The van der Waals surface area contributed by atoms with Crippen LogP contribution in [0.2, 0.25) is 0 Å². The molecule has 0 saturated carbocycles. The van der Waals surface area contributed by atoms with Gasteiger partial charge in [0.1, 0.15) is 55.4 Å². The van der Waals surface area contributed by atoms with Crippen LogP contribution in [0.4, 0.5) is 0 Å². The molecule has 4 unspecified atom stereocenters. The molecule has 0 aromatic carbocycles. The van der Waals surface area contributed by atoms with Crippen molar-refractivity contribution < 1.29 is 73.8 Å². The molecular weight excluding hydrogens is 865 g/mol. The summed E-state index contributed by atoms with van der Waals surface area (Å²) in [5.74, 6) is -0.997. The Morgan fingerprint density at radius 2 is 0.910 bits per heavy atom. The molecule has 0 aliphatic carbocycles. The molecule has 388 valence electrons. The van der Waals surface area contributed by atoms with E-state index in [0.717, 1.165) is 57.8 Å². The largest absolute Gasteiger partial charge is 0.462 e. The Morgan fingerprint density at radius 3 is 1.46 bits per heavy atom. The number of allylic oxidation sites excluding steroid dienone is 8. The lowest BCUT2D eigenvalue weighted by Gasteiger charge is -2.42. The average Bonchev–Trinajstić information content (AvgIpc) is 3.32. The maximum absolute atomic E-state index is 13.0. The molecule has 0 aromatic rings. The minimum atomic E-state index is -1.77. The number of carbonyl (C=O) groups is 2. The second-order valence-corrected chi connectivity index (χ2v) is 18.0. The minimum Gasteiger partial charge on any atom is -0.462 e. The lowest BCUT2D eigenvalue weighted by molar-refractivity contribution is -0.332. The molecule has 2 rings (SSSR count). The lowest BCUT2D eigenvalue weighted by atomic mass is 9.98. The molecule has 0 bridgehead atoms. The number of hydrogen-bond acceptors (Lipinski definition) is 15. The first-order chi connectivity index (χ1) is 32.5. The van der Waals surface area contributed by atoms with Crippen LogP contribution in [0.1, 0.15) is 174 Å². The summed E-state index contributed by atoms with van der Waals surface area (Å²) in [7, 11) is 0. The molecular formula is C52H90O15. The molecule has 67 heavy (non-hydrogen) atoms. The molecule has 2 saturated heterocycles. The molecule has 15 nitrogen and oxygen atoms in total. The zero-order chi connectivity index (χ0) is 48.9.